The fourth-order valence-corrected chi connectivity index (χ4v) is 3.17. The van der Waals surface area contributed by atoms with Crippen LogP contribution in [-0.4, -0.2) is 25.6 Å². The molecule has 0 radical (unpaired) electrons. The molecule has 2 rings (SSSR count). The molecule has 6 nitrogen and oxygen atoms in total. The van der Waals surface area contributed by atoms with Crippen molar-refractivity contribution < 1.29 is 19.1 Å². The molecular weight excluding hydrogens is 448 g/mol. The maximum Gasteiger partial charge on any atom is 0.343 e. The highest BCUT2D eigenvalue weighted by atomic mass is 79.9. The van der Waals surface area contributed by atoms with Gasteiger partial charge in [0, 0.05) is 6.54 Å². The minimum Gasteiger partial charge on any atom is -0.479 e. The highest BCUT2D eigenvalue weighted by molar-refractivity contribution is 9.10. The number of carbonyl (C=O) groups is 2. The van der Waals surface area contributed by atoms with Gasteiger partial charge in [-0.05, 0) is 45.3 Å². The van der Waals surface area contributed by atoms with E-state index < -0.39 is 11.9 Å². The number of esters is 1. The third kappa shape index (κ3) is 6.12. The maximum absolute atomic E-state index is 12.3. The van der Waals surface area contributed by atoms with Gasteiger partial charge >= 0.3 is 5.97 Å². The van der Waals surface area contributed by atoms with Crippen LogP contribution in [0.3, 0.4) is 0 Å². The molecule has 0 saturated heterocycles. The summed E-state index contributed by atoms with van der Waals surface area (Å²) < 4.78 is 10.3. The van der Waals surface area contributed by atoms with Gasteiger partial charge in [-0.2, -0.15) is 5.26 Å². The summed E-state index contributed by atoms with van der Waals surface area (Å²) in [6.07, 6.45) is 1.42. The Morgan fingerprint density at radius 1 is 1.29 bits per heavy atom. The first-order valence-electron chi connectivity index (χ1n) is 8.07. The van der Waals surface area contributed by atoms with E-state index >= 15 is 0 Å². The van der Waals surface area contributed by atoms with Gasteiger partial charge in [-0.1, -0.05) is 41.9 Å². The SMILES string of the molecule is COC(=O)COc1c(Cl)cc(/C=C(/C#N)C(=O)NCc2ccccc2)cc1Br. The van der Waals surface area contributed by atoms with E-state index in [1.807, 2.05) is 36.4 Å². The molecule has 0 aliphatic carbocycles. The van der Waals surface area contributed by atoms with Crippen molar-refractivity contribution in [1.82, 2.24) is 5.32 Å². The summed E-state index contributed by atoms with van der Waals surface area (Å²) in [7, 11) is 1.25. The van der Waals surface area contributed by atoms with E-state index in [4.69, 9.17) is 16.3 Å². The van der Waals surface area contributed by atoms with Crippen molar-refractivity contribution >= 4 is 45.5 Å². The van der Waals surface area contributed by atoms with E-state index in [-0.39, 0.29) is 23.0 Å². The van der Waals surface area contributed by atoms with Crippen LogP contribution in [0, 0.1) is 11.3 Å². The van der Waals surface area contributed by atoms with Gasteiger partial charge in [0.05, 0.1) is 16.6 Å². The number of hydrogen-bond acceptors (Lipinski definition) is 5. The number of carbonyl (C=O) groups excluding carboxylic acids is 2. The summed E-state index contributed by atoms with van der Waals surface area (Å²) in [5.74, 6) is -0.783. The van der Waals surface area contributed by atoms with E-state index in [2.05, 4.69) is 26.0 Å². The third-order valence-electron chi connectivity index (χ3n) is 3.55. The molecule has 0 unspecified atom stereocenters. The van der Waals surface area contributed by atoms with Crippen LogP contribution in [0.5, 0.6) is 5.75 Å². The Balaban J connectivity index is 2.13. The summed E-state index contributed by atoms with van der Waals surface area (Å²) >= 11 is 9.49. The number of benzene rings is 2. The summed E-state index contributed by atoms with van der Waals surface area (Å²) in [6.45, 7) is 0.0127. The number of nitriles is 1. The molecule has 28 heavy (non-hydrogen) atoms. The van der Waals surface area contributed by atoms with Gasteiger partial charge in [0.1, 0.15) is 11.6 Å². The van der Waals surface area contributed by atoms with Crippen molar-refractivity contribution in [2.75, 3.05) is 13.7 Å². The lowest BCUT2D eigenvalue weighted by Gasteiger charge is -2.10. The molecule has 0 aliphatic heterocycles. The van der Waals surface area contributed by atoms with E-state index in [0.29, 0.717) is 16.6 Å². The zero-order chi connectivity index (χ0) is 20.5. The van der Waals surface area contributed by atoms with Crippen LogP contribution < -0.4 is 10.1 Å². The minimum absolute atomic E-state index is 0.0675. The summed E-state index contributed by atoms with van der Waals surface area (Å²) in [6, 6.07) is 14.4. The predicted octanol–water partition coefficient (Wildman–Crippen LogP) is 3.88. The normalized spacial score (nSPS) is 10.7. The van der Waals surface area contributed by atoms with Gasteiger partial charge in [-0.15, -0.1) is 0 Å². The number of amides is 1. The Labute approximate surface area is 175 Å². The largest absolute Gasteiger partial charge is 0.479 e. The van der Waals surface area contributed by atoms with Gasteiger partial charge in [-0.3, -0.25) is 4.79 Å². The molecular formula is C20H16BrClN2O4. The molecule has 0 spiro atoms. The molecule has 2 aromatic carbocycles. The average molecular weight is 464 g/mol. The fourth-order valence-electron chi connectivity index (χ4n) is 2.18. The lowest BCUT2D eigenvalue weighted by molar-refractivity contribution is -0.142. The Kier molecular flexibility index (Phi) is 8.05. The van der Waals surface area contributed by atoms with Crippen molar-refractivity contribution in [3.63, 3.8) is 0 Å². The molecule has 1 N–H and O–H groups in total. The van der Waals surface area contributed by atoms with E-state index in [9.17, 15) is 14.9 Å². The number of methoxy groups -OCH3 is 1. The summed E-state index contributed by atoms with van der Waals surface area (Å²) in [4.78, 5) is 23.5. The van der Waals surface area contributed by atoms with Crippen molar-refractivity contribution in [1.29, 1.82) is 5.26 Å². The number of hydrogen-bond donors (Lipinski definition) is 1. The molecule has 0 bridgehead atoms. The van der Waals surface area contributed by atoms with Crippen LogP contribution in [-0.2, 0) is 20.9 Å². The zero-order valence-corrected chi connectivity index (χ0v) is 17.2. The van der Waals surface area contributed by atoms with Gasteiger partial charge in [0.25, 0.3) is 5.91 Å². The molecule has 144 valence electrons. The van der Waals surface area contributed by atoms with Gasteiger partial charge < -0.3 is 14.8 Å². The van der Waals surface area contributed by atoms with Gasteiger partial charge in [-0.25, -0.2) is 4.79 Å². The van der Waals surface area contributed by atoms with Crippen molar-refractivity contribution in [3.05, 3.63) is 68.7 Å². The number of halogens is 2. The van der Waals surface area contributed by atoms with Crippen LogP contribution >= 0.6 is 27.5 Å². The van der Waals surface area contributed by atoms with Crippen LogP contribution in [0.2, 0.25) is 5.02 Å². The second-order valence-electron chi connectivity index (χ2n) is 5.52. The molecule has 0 fully saturated rings. The van der Waals surface area contributed by atoms with Crippen molar-refractivity contribution in [2.24, 2.45) is 0 Å². The van der Waals surface area contributed by atoms with Crippen LogP contribution in [0.1, 0.15) is 11.1 Å². The molecule has 0 heterocycles. The van der Waals surface area contributed by atoms with E-state index in [0.717, 1.165) is 5.56 Å². The molecule has 0 aliphatic rings. The summed E-state index contributed by atoms with van der Waals surface area (Å²) in [5, 5.41) is 12.2. The second kappa shape index (κ2) is 10.5. The van der Waals surface area contributed by atoms with Gasteiger partial charge in [0.2, 0.25) is 0 Å². The Hall–Kier alpha value is -2.82. The summed E-state index contributed by atoms with van der Waals surface area (Å²) in [5.41, 5.74) is 1.38. The Morgan fingerprint density at radius 3 is 2.61 bits per heavy atom. The smallest absolute Gasteiger partial charge is 0.343 e. The topological polar surface area (TPSA) is 88.4 Å². The predicted molar refractivity (Wildman–Crippen MR) is 109 cm³/mol. The number of rotatable bonds is 7. The standard InChI is InChI=1S/C20H16BrClN2O4/c1-27-18(25)12-28-19-16(21)8-14(9-17(19)22)7-15(10-23)20(26)24-11-13-5-3-2-4-6-13/h2-9H,11-12H2,1H3,(H,24,26)/b15-7-. The number of nitrogens with zero attached hydrogens (tertiary/aromatic N) is 1. The average Bonchev–Trinajstić information content (AvgIpc) is 2.70. The fraction of sp³-hybridized carbons (Fsp3) is 0.150. The molecule has 0 atom stereocenters. The second-order valence-corrected chi connectivity index (χ2v) is 6.78. The van der Waals surface area contributed by atoms with Gasteiger partial charge in [0.15, 0.2) is 12.4 Å². The zero-order valence-electron chi connectivity index (χ0n) is 14.9. The van der Waals surface area contributed by atoms with Crippen LogP contribution in [0.15, 0.2) is 52.5 Å². The van der Waals surface area contributed by atoms with E-state index in [1.54, 1.807) is 6.07 Å². The third-order valence-corrected chi connectivity index (χ3v) is 4.42. The Morgan fingerprint density at radius 2 is 2.00 bits per heavy atom. The molecule has 0 aromatic heterocycles. The lowest BCUT2D eigenvalue weighted by Crippen LogP contribution is -2.23. The highest BCUT2D eigenvalue weighted by Crippen LogP contribution is 2.35. The maximum atomic E-state index is 12.3. The lowest BCUT2D eigenvalue weighted by atomic mass is 10.1. The molecule has 1 amide bonds. The van der Waals surface area contributed by atoms with Crippen LogP contribution in [0.25, 0.3) is 6.08 Å². The number of ether oxygens (including phenoxy) is 2. The van der Waals surface area contributed by atoms with Crippen molar-refractivity contribution in [3.8, 4) is 11.8 Å². The molecule has 8 heteroatoms. The molecule has 0 saturated carbocycles. The minimum atomic E-state index is -0.547. The monoisotopic (exact) mass is 462 g/mol. The highest BCUT2D eigenvalue weighted by Gasteiger charge is 2.13. The number of nitrogens with one attached hydrogen (secondary N) is 1. The first kappa shape index (κ1) is 21.5. The van der Waals surface area contributed by atoms with Crippen molar-refractivity contribution in [2.45, 2.75) is 6.54 Å². The molecule has 2 aromatic rings. The first-order valence-corrected chi connectivity index (χ1v) is 9.24. The quantitative estimate of drug-likeness (QED) is 0.382. The Bertz CT molecular complexity index is 916. The van der Waals surface area contributed by atoms with E-state index in [1.165, 1.54) is 19.3 Å². The van der Waals surface area contributed by atoms with Crippen LogP contribution in [0.4, 0.5) is 0 Å². The first-order chi connectivity index (χ1) is 13.4.